The van der Waals surface area contributed by atoms with E-state index in [1.54, 1.807) is 6.08 Å². The second-order valence-electron chi connectivity index (χ2n) is 2.06. The number of hydrogen-bond acceptors (Lipinski definition) is 0. The number of alkyl halides is 1. The van der Waals surface area contributed by atoms with Crippen LogP contribution in [0.3, 0.4) is 0 Å². The third kappa shape index (κ3) is 11.7. The zero-order valence-electron chi connectivity index (χ0n) is 8.05. The van der Waals surface area contributed by atoms with Crippen molar-refractivity contribution in [2.24, 2.45) is 0 Å². The van der Waals surface area contributed by atoms with Crippen molar-refractivity contribution in [2.75, 3.05) is 7.18 Å². The number of benzene rings is 1. The van der Waals surface area contributed by atoms with Crippen molar-refractivity contribution in [3.05, 3.63) is 48.6 Å². The first-order valence-electron chi connectivity index (χ1n) is 3.77. The van der Waals surface area contributed by atoms with E-state index in [9.17, 15) is 4.39 Å². The van der Waals surface area contributed by atoms with Crippen molar-refractivity contribution >= 4 is 0 Å². The van der Waals surface area contributed by atoms with Gasteiger partial charge in [-0.3, -0.25) is 4.39 Å². The lowest BCUT2D eigenvalue weighted by Gasteiger charge is -1.82. The Morgan fingerprint density at radius 2 is 1.50 bits per heavy atom. The summed E-state index contributed by atoms with van der Waals surface area (Å²) in [4.78, 5) is 0. The number of halogens is 1. The number of allylic oxidation sites excluding steroid dienone is 1. The van der Waals surface area contributed by atoms with E-state index in [0.29, 0.717) is 7.18 Å². The third-order valence-corrected chi connectivity index (χ3v) is 0.940. The van der Waals surface area contributed by atoms with Crippen LogP contribution in [0.15, 0.2) is 43.0 Å². The van der Waals surface area contributed by atoms with Gasteiger partial charge in [-0.05, 0) is 13.8 Å². The molecule has 0 spiro atoms. The van der Waals surface area contributed by atoms with E-state index in [-0.39, 0.29) is 0 Å². The largest absolute Gasteiger partial charge is 0.255 e. The van der Waals surface area contributed by atoms with Crippen LogP contribution in [0.4, 0.5) is 4.39 Å². The summed E-state index contributed by atoms with van der Waals surface area (Å²) in [6, 6.07) is 10.3. The highest BCUT2D eigenvalue weighted by Gasteiger charge is 1.72. The lowest BCUT2D eigenvalue weighted by atomic mass is 10.2. The van der Waals surface area contributed by atoms with Crippen LogP contribution in [-0.4, -0.2) is 7.18 Å². The highest BCUT2D eigenvalue weighted by atomic mass is 19.1. The molecule has 0 aromatic heterocycles. The highest BCUT2D eigenvalue weighted by molar-refractivity contribution is 5.11. The van der Waals surface area contributed by atoms with E-state index in [4.69, 9.17) is 0 Å². The molecule has 0 unspecified atom stereocenters. The van der Waals surface area contributed by atoms with Gasteiger partial charge >= 0.3 is 0 Å². The topological polar surface area (TPSA) is 0 Å². The molecule has 0 aliphatic rings. The zero-order chi connectivity index (χ0) is 9.82. The summed E-state index contributed by atoms with van der Waals surface area (Å²) in [6.45, 7) is 7.33. The standard InChI is InChI=1S/C7H8.C3H6.CH3F/c1-7-5-3-2-4-6-7;1-3-2;1-2/h2-6H,1H3;3H,1H2,2H3;1H3. The predicted octanol–water partition coefficient (Wildman–Crippen LogP) is 3.77. The van der Waals surface area contributed by atoms with E-state index in [1.807, 2.05) is 25.1 Å². The smallest absolute Gasteiger partial charge is 0.0785 e. The van der Waals surface area contributed by atoms with Gasteiger partial charge in [0.1, 0.15) is 0 Å². The Hall–Kier alpha value is -1.11. The predicted molar refractivity (Wildman–Crippen MR) is 54.1 cm³/mol. The molecule has 1 aromatic carbocycles. The molecule has 12 heavy (non-hydrogen) atoms. The minimum atomic E-state index is 0.500. The van der Waals surface area contributed by atoms with Crippen molar-refractivity contribution in [1.82, 2.24) is 0 Å². The van der Waals surface area contributed by atoms with Crippen LogP contribution in [0.5, 0.6) is 0 Å². The Morgan fingerprint density at radius 1 is 1.17 bits per heavy atom. The van der Waals surface area contributed by atoms with Crippen LogP contribution in [-0.2, 0) is 0 Å². The zero-order valence-corrected chi connectivity index (χ0v) is 8.05. The van der Waals surface area contributed by atoms with Crippen LogP contribution in [0.2, 0.25) is 0 Å². The summed E-state index contributed by atoms with van der Waals surface area (Å²) in [6.07, 6.45) is 1.75. The van der Waals surface area contributed by atoms with E-state index in [1.165, 1.54) is 5.56 Å². The Bertz CT molecular complexity index is 168. The average Bonchev–Trinajstić information content (AvgIpc) is 2.11. The molecule has 1 heteroatoms. The fraction of sp³-hybridized carbons (Fsp3) is 0.273. The van der Waals surface area contributed by atoms with Crippen molar-refractivity contribution in [3.8, 4) is 0 Å². The summed E-state index contributed by atoms with van der Waals surface area (Å²) in [5, 5.41) is 0. The first-order chi connectivity index (χ1) is 5.81. The minimum Gasteiger partial charge on any atom is -0.255 e. The molecule has 0 saturated carbocycles. The van der Waals surface area contributed by atoms with Crippen molar-refractivity contribution < 1.29 is 4.39 Å². The molecule has 0 radical (unpaired) electrons. The number of rotatable bonds is 0. The average molecular weight is 168 g/mol. The third-order valence-electron chi connectivity index (χ3n) is 0.940. The molecule has 0 bridgehead atoms. The van der Waals surface area contributed by atoms with Gasteiger partial charge in [0, 0.05) is 0 Å². The quantitative estimate of drug-likeness (QED) is 0.517. The first kappa shape index (κ1) is 13.5. The highest BCUT2D eigenvalue weighted by Crippen LogP contribution is 1.92. The van der Waals surface area contributed by atoms with Gasteiger partial charge < -0.3 is 0 Å². The normalized spacial score (nSPS) is 6.67. The Morgan fingerprint density at radius 3 is 1.67 bits per heavy atom. The molecule has 0 fully saturated rings. The maximum absolute atomic E-state index is 9.50. The van der Waals surface area contributed by atoms with E-state index >= 15 is 0 Å². The van der Waals surface area contributed by atoms with Crippen LogP contribution in [0, 0.1) is 6.92 Å². The molecule has 68 valence electrons. The lowest BCUT2D eigenvalue weighted by Crippen LogP contribution is -1.62. The van der Waals surface area contributed by atoms with Gasteiger partial charge in [-0.2, -0.15) is 0 Å². The molecule has 0 aliphatic carbocycles. The minimum absolute atomic E-state index is 0.500. The molecular weight excluding hydrogens is 151 g/mol. The van der Waals surface area contributed by atoms with Gasteiger partial charge in [-0.1, -0.05) is 42.0 Å². The molecular formula is C11H17F. The second kappa shape index (κ2) is 12.6. The maximum atomic E-state index is 9.50. The number of hydrogen-bond donors (Lipinski definition) is 0. The second-order valence-corrected chi connectivity index (χ2v) is 2.06. The monoisotopic (exact) mass is 168 g/mol. The summed E-state index contributed by atoms with van der Waals surface area (Å²) in [7, 11) is 0.500. The van der Waals surface area contributed by atoms with E-state index in [0.717, 1.165) is 0 Å². The maximum Gasteiger partial charge on any atom is 0.0785 e. The molecule has 0 atom stereocenters. The van der Waals surface area contributed by atoms with Crippen LogP contribution < -0.4 is 0 Å². The summed E-state index contributed by atoms with van der Waals surface area (Å²) in [5.41, 5.74) is 1.32. The SMILES string of the molecule is C=CC.CF.Cc1ccccc1. The van der Waals surface area contributed by atoms with Gasteiger partial charge in [0.2, 0.25) is 0 Å². The molecule has 1 aromatic rings. The fourth-order valence-corrected chi connectivity index (χ4v) is 0.534. The number of aryl methyl sites for hydroxylation is 1. The Kier molecular flexibility index (Phi) is 14.1. The first-order valence-corrected chi connectivity index (χ1v) is 3.77. The van der Waals surface area contributed by atoms with Crippen molar-refractivity contribution in [3.63, 3.8) is 0 Å². The Balaban J connectivity index is 0. The lowest BCUT2D eigenvalue weighted by molar-refractivity contribution is 0.636. The molecule has 0 N–H and O–H groups in total. The summed E-state index contributed by atoms with van der Waals surface area (Å²) < 4.78 is 9.50. The Labute approximate surface area is 74.7 Å². The molecule has 0 aliphatic heterocycles. The molecule has 1 rings (SSSR count). The molecule has 0 heterocycles. The van der Waals surface area contributed by atoms with E-state index < -0.39 is 0 Å². The van der Waals surface area contributed by atoms with Gasteiger partial charge in [0.05, 0.1) is 7.18 Å². The van der Waals surface area contributed by atoms with Crippen LogP contribution in [0.1, 0.15) is 12.5 Å². The van der Waals surface area contributed by atoms with Crippen molar-refractivity contribution in [2.45, 2.75) is 13.8 Å². The van der Waals surface area contributed by atoms with Crippen LogP contribution >= 0.6 is 0 Å². The molecule has 0 amide bonds. The molecule has 0 nitrogen and oxygen atoms in total. The molecule has 0 saturated heterocycles. The van der Waals surface area contributed by atoms with Gasteiger partial charge in [-0.25, -0.2) is 0 Å². The summed E-state index contributed by atoms with van der Waals surface area (Å²) in [5.74, 6) is 0. The fourth-order valence-electron chi connectivity index (χ4n) is 0.534. The van der Waals surface area contributed by atoms with Gasteiger partial charge in [-0.15, -0.1) is 6.58 Å². The van der Waals surface area contributed by atoms with Crippen molar-refractivity contribution in [1.29, 1.82) is 0 Å². The summed E-state index contributed by atoms with van der Waals surface area (Å²) >= 11 is 0. The van der Waals surface area contributed by atoms with E-state index in [2.05, 4.69) is 25.6 Å². The van der Waals surface area contributed by atoms with Crippen LogP contribution in [0.25, 0.3) is 0 Å². The van der Waals surface area contributed by atoms with Gasteiger partial charge in [0.25, 0.3) is 0 Å². The van der Waals surface area contributed by atoms with Gasteiger partial charge in [0.15, 0.2) is 0 Å².